The number of carbonyl (C=O) groups is 1. The fourth-order valence-corrected chi connectivity index (χ4v) is 3.98. The summed E-state index contributed by atoms with van der Waals surface area (Å²) >= 11 is 0. The summed E-state index contributed by atoms with van der Waals surface area (Å²) in [5, 5.41) is 1.17. The average Bonchev–Trinajstić information content (AvgIpc) is 2.93. The molecule has 218 valence electrons. The van der Waals surface area contributed by atoms with Crippen molar-refractivity contribution in [1.29, 1.82) is 0 Å². The van der Waals surface area contributed by atoms with Crippen molar-refractivity contribution in [2.24, 2.45) is 0 Å². The molecule has 0 atom stereocenters. The molecule has 0 bridgehead atoms. The third-order valence-electron chi connectivity index (χ3n) is 5.97. The van der Waals surface area contributed by atoms with E-state index in [2.05, 4.69) is 12.5 Å². The molecule has 0 saturated carbocycles. The third kappa shape index (κ3) is 8.68. The zero-order chi connectivity index (χ0) is 30.0. The highest BCUT2D eigenvalue weighted by atomic mass is 19.4. The van der Waals surface area contributed by atoms with Gasteiger partial charge in [0.05, 0.1) is 24.3 Å². The van der Waals surface area contributed by atoms with Gasteiger partial charge in [-0.25, -0.2) is 4.79 Å². The SMILES string of the molecule is C#CCCCCOc1c(C(=O)OCc2cc(C(F)(F)F)cc(C(F)(F)F)c2)cc(OCCCC=C)c2ccccc12. The van der Waals surface area contributed by atoms with Crippen LogP contribution >= 0.6 is 0 Å². The number of ether oxygens (including phenoxy) is 3. The first-order valence-corrected chi connectivity index (χ1v) is 12.8. The van der Waals surface area contributed by atoms with Crippen molar-refractivity contribution in [1.82, 2.24) is 0 Å². The zero-order valence-corrected chi connectivity index (χ0v) is 22.0. The molecule has 0 N–H and O–H groups in total. The predicted octanol–water partition coefficient (Wildman–Crippen LogP) is 8.76. The molecule has 0 amide bonds. The average molecular weight is 579 g/mol. The predicted molar refractivity (Wildman–Crippen MR) is 143 cm³/mol. The second-order valence-electron chi connectivity index (χ2n) is 9.08. The number of alkyl halides is 6. The van der Waals surface area contributed by atoms with Gasteiger partial charge < -0.3 is 14.2 Å². The molecule has 0 aliphatic heterocycles. The van der Waals surface area contributed by atoms with Gasteiger partial charge in [-0.3, -0.25) is 0 Å². The van der Waals surface area contributed by atoms with Crippen molar-refractivity contribution < 1.29 is 45.3 Å². The van der Waals surface area contributed by atoms with Gasteiger partial charge >= 0.3 is 18.3 Å². The maximum atomic E-state index is 13.3. The molecule has 3 aromatic carbocycles. The van der Waals surface area contributed by atoms with Crippen LogP contribution in [0.5, 0.6) is 11.5 Å². The van der Waals surface area contributed by atoms with Gasteiger partial charge in [0.25, 0.3) is 0 Å². The maximum absolute atomic E-state index is 13.3. The minimum absolute atomic E-state index is 0.0107. The normalized spacial score (nSPS) is 11.6. The molecule has 10 heteroatoms. The Hall–Kier alpha value is -4.13. The Labute approximate surface area is 233 Å². The lowest BCUT2D eigenvalue weighted by atomic mass is 10.0. The molecular weight excluding hydrogens is 550 g/mol. The first-order chi connectivity index (χ1) is 19.5. The van der Waals surface area contributed by atoms with Gasteiger partial charge in [0.15, 0.2) is 0 Å². The number of allylic oxidation sites excluding steroid dienone is 1. The Kier molecular flexibility index (Phi) is 10.7. The molecule has 4 nitrogen and oxygen atoms in total. The Bertz CT molecular complexity index is 1370. The Morgan fingerprint density at radius 2 is 1.51 bits per heavy atom. The van der Waals surface area contributed by atoms with Gasteiger partial charge in [-0.15, -0.1) is 18.9 Å². The van der Waals surface area contributed by atoms with Crippen molar-refractivity contribution in [3.63, 3.8) is 0 Å². The van der Waals surface area contributed by atoms with Crippen molar-refractivity contribution in [3.8, 4) is 23.8 Å². The molecule has 0 fully saturated rings. The summed E-state index contributed by atoms with van der Waals surface area (Å²) in [6, 6.07) is 9.44. The lowest BCUT2D eigenvalue weighted by Gasteiger charge is -2.18. The summed E-state index contributed by atoms with van der Waals surface area (Å²) < 4.78 is 96.7. The van der Waals surface area contributed by atoms with E-state index in [1.165, 1.54) is 6.07 Å². The zero-order valence-electron chi connectivity index (χ0n) is 22.0. The van der Waals surface area contributed by atoms with Gasteiger partial charge in [-0.1, -0.05) is 30.3 Å². The minimum atomic E-state index is -5.03. The van der Waals surface area contributed by atoms with E-state index in [-0.39, 0.29) is 24.0 Å². The highest BCUT2D eigenvalue weighted by Gasteiger charge is 2.37. The maximum Gasteiger partial charge on any atom is 0.416 e. The molecule has 0 aromatic heterocycles. The van der Waals surface area contributed by atoms with E-state index in [9.17, 15) is 31.1 Å². The molecule has 0 aliphatic rings. The van der Waals surface area contributed by atoms with E-state index in [1.54, 1.807) is 30.3 Å². The largest absolute Gasteiger partial charge is 0.493 e. The van der Waals surface area contributed by atoms with E-state index >= 15 is 0 Å². The van der Waals surface area contributed by atoms with Gasteiger partial charge in [-0.2, -0.15) is 26.3 Å². The third-order valence-corrected chi connectivity index (χ3v) is 5.97. The summed E-state index contributed by atoms with van der Waals surface area (Å²) in [6.45, 7) is 3.34. The van der Waals surface area contributed by atoms with Crippen LogP contribution in [0.25, 0.3) is 10.8 Å². The first-order valence-electron chi connectivity index (χ1n) is 12.8. The minimum Gasteiger partial charge on any atom is -0.493 e. The number of hydrogen-bond acceptors (Lipinski definition) is 4. The molecule has 0 radical (unpaired) electrons. The molecule has 0 spiro atoms. The topological polar surface area (TPSA) is 44.8 Å². The van der Waals surface area contributed by atoms with Crippen LogP contribution in [-0.4, -0.2) is 19.2 Å². The van der Waals surface area contributed by atoms with Gasteiger partial charge in [0, 0.05) is 17.2 Å². The number of terminal acetylenes is 1. The fraction of sp³-hybridized carbons (Fsp3) is 0.323. The fourth-order valence-electron chi connectivity index (χ4n) is 3.98. The molecule has 3 aromatic rings. The van der Waals surface area contributed by atoms with Crippen LogP contribution in [0, 0.1) is 12.3 Å². The van der Waals surface area contributed by atoms with E-state index in [4.69, 9.17) is 20.6 Å². The summed E-state index contributed by atoms with van der Waals surface area (Å²) in [4.78, 5) is 13.3. The van der Waals surface area contributed by atoms with Crippen LogP contribution in [0.1, 0.15) is 59.2 Å². The Morgan fingerprint density at radius 1 is 0.878 bits per heavy atom. The quantitative estimate of drug-likeness (QED) is 0.0669. The van der Waals surface area contributed by atoms with E-state index < -0.39 is 41.6 Å². The number of unbranched alkanes of at least 4 members (excludes halogenated alkanes) is 3. The molecule has 0 unspecified atom stereocenters. The summed E-state index contributed by atoms with van der Waals surface area (Å²) in [7, 11) is 0. The number of rotatable bonds is 13. The van der Waals surface area contributed by atoms with Crippen molar-refractivity contribution in [3.05, 3.63) is 83.4 Å². The second kappa shape index (κ2) is 14.0. The molecule has 3 rings (SSSR count). The summed E-state index contributed by atoms with van der Waals surface area (Å²) in [5.41, 5.74) is -3.56. The lowest BCUT2D eigenvalue weighted by Crippen LogP contribution is -2.14. The van der Waals surface area contributed by atoms with Gasteiger partial charge in [0.1, 0.15) is 23.7 Å². The van der Waals surface area contributed by atoms with Crippen molar-refractivity contribution in [2.45, 2.75) is 51.1 Å². The van der Waals surface area contributed by atoms with Crippen LogP contribution in [-0.2, 0) is 23.7 Å². The smallest absolute Gasteiger partial charge is 0.416 e. The number of benzene rings is 3. The number of halogens is 6. The molecule has 0 heterocycles. The van der Waals surface area contributed by atoms with Crippen LogP contribution in [0.2, 0.25) is 0 Å². The second-order valence-corrected chi connectivity index (χ2v) is 9.08. The van der Waals surface area contributed by atoms with E-state index in [0.717, 1.165) is 0 Å². The Morgan fingerprint density at radius 3 is 2.12 bits per heavy atom. The van der Waals surface area contributed by atoms with E-state index in [0.29, 0.717) is 67.4 Å². The monoisotopic (exact) mass is 578 g/mol. The number of fused-ring (bicyclic) bond motifs is 1. The first kappa shape index (κ1) is 31.4. The molecule has 41 heavy (non-hydrogen) atoms. The molecular formula is C31H28F6O4. The van der Waals surface area contributed by atoms with Crippen LogP contribution in [0.3, 0.4) is 0 Å². The molecule has 0 aliphatic carbocycles. The number of carbonyl (C=O) groups excluding carboxylic acids is 1. The standard InChI is InChI=1S/C31H28F6O4/c1-3-5-7-11-15-40-28-25-13-9-8-12-24(25)27(39-14-10-6-4-2)19-26(28)29(38)41-20-21-16-22(30(32,33)34)18-23(17-21)31(35,36)37/h1,4,8-9,12-13,16-19H,2,5-7,10-11,14-15,20H2. The lowest BCUT2D eigenvalue weighted by molar-refractivity contribution is -0.143. The van der Waals surface area contributed by atoms with Crippen molar-refractivity contribution >= 4 is 16.7 Å². The summed E-state index contributed by atoms with van der Waals surface area (Å²) in [5.74, 6) is 2.02. The number of esters is 1. The van der Waals surface area contributed by atoms with Gasteiger partial charge in [0.2, 0.25) is 0 Å². The highest BCUT2D eigenvalue weighted by molar-refractivity contribution is 6.04. The van der Waals surface area contributed by atoms with Crippen molar-refractivity contribution in [2.75, 3.05) is 13.2 Å². The Balaban J connectivity index is 1.97. The van der Waals surface area contributed by atoms with Crippen LogP contribution < -0.4 is 9.47 Å². The van der Waals surface area contributed by atoms with E-state index in [1.807, 2.05) is 0 Å². The van der Waals surface area contributed by atoms with Gasteiger partial charge in [-0.05, 0) is 55.5 Å². The number of hydrogen-bond donors (Lipinski definition) is 0. The van der Waals surface area contributed by atoms with Crippen LogP contribution in [0.15, 0.2) is 61.2 Å². The molecule has 0 saturated heterocycles. The highest BCUT2D eigenvalue weighted by Crippen LogP contribution is 2.39. The van der Waals surface area contributed by atoms with Crippen LogP contribution in [0.4, 0.5) is 26.3 Å². The summed E-state index contributed by atoms with van der Waals surface area (Å²) in [6.07, 6.45) is 0.104.